The SMILES string of the molecule is CN=C(N)NCC1CCCOC1c1ccccc1. The van der Waals surface area contributed by atoms with Gasteiger partial charge in [0, 0.05) is 26.1 Å². The first kappa shape index (κ1) is 12.9. The molecule has 2 atom stereocenters. The first-order chi connectivity index (χ1) is 8.81. The monoisotopic (exact) mass is 247 g/mol. The van der Waals surface area contributed by atoms with Crippen LogP contribution in [-0.2, 0) is 4.74 Å². The normalized spacial score (nSPS) is 24.8. The lowest BCUT2D eigenvalue weighted by Gasteiger charge is -2.32. The van der Waals surface area contributed by atoms with Gasteiger partial charge in [-0.1, -0.05) is 30.3 Å². The molecule has 4 heteroatoms. The molecule has 0 bridgehead atoms. The van der Waals surface area contributed by atoms with Gasteiger partial charge in [-0.25, -0.2) is 0 Å². The number of nitrogens with zero attached hydrogens (tertiary/aromatic N) is 1. The molecule has 1 aliphatic rings. The predicted octanol–water partition coefficient (Wildman–Crippen LogP) is 1.69. The summed E-state index contributed by atoms with van der Waals surface area (Å²) in [5, 5.41) is 3.15. The van der Waals surface area contributed by atoms with Crippen molar-refractivity contribution in [1.29, 1.82) is 0 Å². The number of aliphatic imine (C=N–C) groups is 1. The standard InChI is InChI=1S/C14H21N3O/c1-16-14(15)17-10-12-8-5-9-18-13(12)11-6-3-2-4-7-11/h2-4,6-7,12-13H,5,8-10H2,1H3,(H3,15,16,17). The van der Waals surface area contributed by atoms with Crippen LogP contribution < -0.4 is 11.1 Å². The van der Waals surface area contributed by atoms with E-state index in [0.29, 0.717) is 11.9 Å². The van der Waals surface area contributed by atoms with Gasteiger partial charge in [-0.15, -0.1) is 0 Å². The summed E-state index contributed by atoms with van der Waals surface area (Å²) in [7, 11) is 1.69. The highest BCUT2D eigenvalue weighted by atomic mass is 16.5. The molecular formula is C14H21N3O. The third-order valence-corrected chi connectivity index (χ3v) is 3.36. The molecule has 0 radical (unpaired) electrons. The van der Waals surface area contributed by atoms with Crippen LogP contribution in [0, 0.1) is 5.92 Å². The van der Waals surface area contributed by atoms with Gasteiger partial charge >= 0.3 is 0 Å². The fourth-order valence-corrected chi connectivity index (χ4v) is 2.38. The van der Waals surface area contributed by atoms with Crippen LogP contribution in [0.5, 0.6) is 0 Å². The maximum absolute atomic E-state index is 5.92. The van der Waals surface area contributed by atoms with Gasteiger partial charge in [0.1, 0.15) is 0 Å². The van der Waals surface area contributed by atoms with Gasteiger partial charge in [0.15, 0.2) is 5.96 Å². The van der Waals surface area contributed by atoms with Crippen LogP contribution in [-0.4, -0.2) is 26.2 Å². The van der Waals surface area contributed by atoms with Gasteiger partial charge in [0.2, 0.25) is 0 Å². The van der Waals surface area contributed by atoms with Gasteiger partial charge in [-0.2, -0.15) is 0 Å². The third kappa shape index (κ3) is 3.23. The van der Waals surface area contributed by atoms with Crippen molar-refractivity contribution in [1.82, 2.24) is 5.32 Å². The average molecular weight is 247 g/mol. The maximum atomic E-state index is 5.92. The number of rotatable bonds is 3. The number of nitrogens with two attached hydrogens (primary N) is 1. The van der Waals surface area contributed by atoms with Crippen molar-refractivity contribution in [3.05, 3.63) is 35.9 Å². The largest absolute Gasteiger partial charge is 0.373 e. The zero-order chi connectivity index (χ0) is 12.8. The Hall–Kier alpha value is -1.55. The van der Waals surface area contributed by atoms with Crippen LogP contribution in [0.2, 0.25) is 0 Å². The quantitative estimate of drug-likeness (QED) is 0.631. The van der Waals surface area contributed by atoms with Crippen molar-refractivity contribution in [2.24, 2.45) is 16.6 Å². The molecule has 1 aromatic rings. The molecule has 0 amide bonds. The van der Waals surface area contributed by atoms with Crippen LogP contribution >= 0.6 is 0 Å². The van der Waals surface area contributed by atoms with E-state index in [0.717, 1.165) is 26.0 Å². The Morgan fingerprint density at radius 3 is 2.94 bits per heavy atom. The molecule has 0 saturated carbocycles. The first-order valence-corrected chi connectivity index (χ1v) is 6.44. The van der Waals surface area contributed by atoms with Gasteiger partial charge < -0.3 is 15.8 Å². The Labute approximate surface area is 108 Å². The number of nitrogens with one attached hydrogen (secondary N) is 1. The molecule has 18 heavy (non-hydrogen) atoms. The van der Waals surface area contributed by atoms with E-state index in [9.17, 15) is 0 Å². The molecule has 1 fully saturated rings. The minimum Gasteiger partial charge on any atom is -0.373 e. The lowest BCUT2D eigenvalue weighted by molar-refractivity contribution is -0.0265. The second kappa shape index (κ2) is 6.40. The van der Waals surface area contributed by atoms with E-state index >= 15 is 0 Å². The summed E-state index contributed by atoms with van der Waals surface area (Å²) in [6, 6.07) is 10.4. The molecule has 2 unspecified atom stereocenters. The topological polar surface area (TPSA) is 59.6 Å². The van der Waals surface area contributed by atoms with Crippen molar-refractivity contribution in [2.75, 3.05) is 20.2 Å². The van der Waals surface area contributed by atoms with Gasteiger partial charge in [-0.05, 0) is 18.4 Å². The van der Waals surface area contributed by atoms with E-state index in [-0.39, 0.29) is 6.10 Å². The average Bonchev–Trinajstić information content (AvgIpc) is 2.46. The van der Waals surface area contributed by atoms with Crippen molar-refractivity contribution in [3.8, 4) is 0 Å². The Bertz CT molecular complexity index is 391. The molecule has 1 aromatic carbocycles. The Morgan fingerprint density at radius 2 is 2.22 bits per heavy atom. The molecular weight excluding hydrogens is 226 g/mol. The van der Waals surface area contributed by atoms with Crippen molar-refractivity contribution in [3.63, 3.8) is 0 Å². The first-order valence-electron chi connectivity index (χ1n) is 6.44. The second-order valence-corrected chi connectivity index (χ2v) is 4.59. The molecule has 3 N–H and O–H groups in total. The summed E-state index contributed by atoms with van der Waals surface area (Å²) in [5.74, 6) is 0.939. The van der Waals surface area contributed by atoms with E-state index in [1.165, 1.54) is 5.56 Å². The zero-order valence-electron chi connectivity index (χ0n) is 10.8. The number of hydrogen-bond acceptors (Lipinski definition) is 2. The molecule has 2 rings (SSSR count). The van der Waals surface area contributed by atoms with Crippen LogP contribution in [0.15, 0.2) is 35.3 Å². The van der Waals surface area contributed by atoms with Crippen LogP contribution in [0.25, 0.3) is 0 Å². The van der Waals surface area contributed by atoms with E-state index in [1.54, 1.807) is 7.05 Å². The lowest BCUT2D eigenvalue weighted by atomic mass is 9.89. The second-order valence-electron chi connectivity index (χ2n) is 4.59. The van der Waals surface area contributed by atoms with E-state index in [1.807, 2.05) is 6.07 Å². The Balaban J connectivity index is 2.02. The number of guanidine groups is 1. The highest BCUT2D eigenvalue weighted by Crippen LogP contribution is 2.32. The minimum atomic E-state index is 0.164. The van der Waals surface area contributed by atoms with E-state index in [2.05, 4.69) is 34.6 Å². The van der Waals surface area contributed by atoms with Gasteiger partial charge in [0.25, 0.3) is 0 Å². The van der Waals surface area contributed by atoms with Crippen LogP contribution in [0.3, 0.4) is 0 Å². The predicted molar refractivity (Wildman–Crippen MR) is 73.4 cm³/mol. The number of ether oxygens (including phenoxy) is 1. The maximum Gasteiger partial charge on any atom is 0.188 e. The van der Waals surface area contributed by atoms with E-state index in [4.69, 9.17) is 10.5 Å². The minimum absolute atomic E-state index is 0.164. The highest BCUT2D eigenvalue weighted by molar-refractivity contribution is 5.77. The molecule has 1 aliphatic heterocycles. The third-order valence-electron chi connectivity index (χ3n) is 3.36. The lowest BCUT2D eigenvalue weighted by Crippen LogP contribution is -2.38. The highest BCUT2D eigenvalue weighted by Gasteiger charge is 2.27. The van der Waals surface area contributed by atoms with Crippen LogP contribution in [0.1, 0.15) is 24.5 Å². The summed E-state index contributed by atoms with van der Waals surface area (Å²) >= 11 is 0. The number of hydrogen-bond donors (Lipinski definition) is 2. The molecule has 4 nitrogen and oxygen atoms in total. The van der Waals surface area contributed by atoms with Crippen molar-refractivity contribution >= 4 is 5.96 Å². The molecule has 98 valence electrons. The number of benzene rings is 1. The summed E-state index contributed by atoms with van der Waals surface area (Å²) < 4.78 is 5.92. The van der Waals surface area contributed by atoms with Crippen molar-refractivity contribution in [2.45, 2.75) is 18.9 Å². The summed E-state index contributed by atoms with van der Waals surface area (Å²) in [5.41, 5.74) is 6.92. The summed E-state index contributed by atoms with van der Waals surface area (Å²) in [6.45, 7) is 1.65. The smallest absolute Gasteiger partial charge is 0.188 e. The Morgan fingerprint density at radius 1 is 1.44 bits per heavy atom. The zero-order valence-corrected chi connectivity index (χ0v) is 10.8. The molecule has 0 aromatic heterocycles. The van der Waals surface area contributed by atoms with E-state index < -0.39 is 0 Å². The summed E-state index contributed by atoms with van der Waals surface area (Å²) in [6.07, 6.45) is 2.43. The van der Waals surface area contributed by atoms with Gasteiger partial charge in [0.05, 0.1) is 6.10 Å². The summed E-state index contributed by atoms with van der Waals surface area (Å²) in [4.78, 5) is 3.91. The van der Waals surface area contributed by atoms with Crippen molar-refractivity contribution < 1.29 is 4.74 Å². The van der Waals surface area contributed by atoms with Gasteiger partial charge in [-0.3, -0.25) is 4.99 Å². The fourth-order valence-electron chi connectivity index (χ4n) is 2.38. The molecule has 0 aliphatic carbocycles. The fraction of sp³-hybridized carbons (Fsp3) is 0.500. The molecule has 0 spiro atoms. The van der Waals surface area contributed by atoms with Crippen LogP contribution in [0.4, 0.5) is 0 Å². The Kier molecular flexibility index (Phi) is 4.59. The molecule has 1 saturated heterocycles. The molecule has 1 heterocycles.